The largest absolute Gasteiger partial charge is 0.325 e. The third kappa shape index (κ3) is 4.14. The minimum Gasteiger partial charge on any atom is -0.325 e. The Morgan fingerprint density at radius 1 is 1.13 bits per heavy atom. The first-order valence-electron chi connectivity index (χ1n) is 7.75. The fourth-order valence-corrected chi connectivity index (χ4v) is 3.54. The summed E-state index contributed by atoms with van der Waals surface area (Å²) in [6.45, 7) is 0. The molecular weight excluding hydrogens is 304 g/mol. The van der Waals surface area contributed by atoms with Gasteiger partial charge in [-0.25, -0.2) is 0 Å². The molecule has 0 bridgehead atoms. The number of nitrogens with one attached hydrogen (secondary N) is 1. The lowest BCUT2D eigenvalue weighted by atomic mass is 10.1. The van der Waals surface area contributed by atoms with Crippen LogP contribution in [0.15, 0.2) is 47.4 Å². The van der Waals surface area contributed by atoms with E-state index in [1.54, 1.807) is 11.8 Å². The summed E-state index contributed by atoms with van der Waals surface area (Å²) < 4.78 is 0. The maximum absolute atomic E-state index is 12.0. The van der Waals surface area contributed by atoms with E-state index in [1.165, 1.54) is 24.0 Å². The summed E-state index contributed by atoms with van der Waals surface area (Å²) in [7, 11) is 0. The van der Waals surface area contributed by atoms with Crippen molar-refractivity contribution in [1.82, 2.24) is 0 Å². The molecule has 0 aliphatic heterocycles. The molecule has 1 aliphatic carbocycles. The van der Waals surface area contributed by atoms with Crippen LogP contribution in [0.1, 0.15) is 23.1 Å². The molecule has 23 heavy (non-hydrogen) atoms. The van der Waals surface area contributed by atoms with E-state index < -0.39 is 0 Å². The molecule has 0 atom stereocenters. The molecule has 0 fully saturated rings. The van der Waals surface area contributed by atoms with E-state index in [4.69, 9.17) is 5.26 Å². The smallest absolute Gasteiger partial charge is 0.234 e. The number of amides is 1. The number of carbonyl (C=O) groups excluding carboxylic acids is 1. The fourth-order valence-electron chi connectivity index (χ4n) is 2.78. The van der Waals surface area contributed by atoms with Crippen molar-refractivity contribution >= 4 is 23.4 Å². The van der Waals surface area contributed by atoms with Crippen LogP contribution < -0.4 is 5.32 Å². The first-order chi connectivity index (χ1) is 11.2. The summed E-state index contributed by atoms with van der Waals surface area (Å²) in [5.41, 5.74) is 4.61. The van der Waals surface area contributed by atoms with Crippen molar-refractivity contribution < 1.29 is 4.79 Å². The minimum absolute atomic E-state index is 0.0106. The number of rotatable bonds is 5. The Balaban J connectivity index is 1.52. The molecule has 3 rings (SSSR count). The van der Waals surface area contributed by atoms with Crippen LogP contribution in [0.5, 0.6) is 0 Å². The molecule has 0 spiro atoms. The summed E-state index contributed by atoms with van der Waals surface area (Å²) in [5, 5.41) is 11.5. The molecular formula is C19H18N2OS. The van der Waals surface area contributed by atoms with Gasteiger partial charge in [-0.05, 0) is 60.2 Å². The number of carbonyl (C=O) groups is 1. The van der Waals surface area contributed by atoms with E-state index in [1.807, 2.05) is 24.3 Å². The SMILES string of the molecule is N#CCc1ccc(NC(=O)CSc2ccc3c(c2)CCC3)cc1. The van der Waals surface area contributed by atoms with Crippen LogP contribution in [-0.2, 0) is 24.1 Å². The van der Waals surface area contributed by atoms with E-state index in [0.29, 0.717) is 12.2 Å². The number of benzene rings is 2. The highest BCUT2D eigenvalue weighted by Crippen LogP contribution is 2.27. The molecule has 0 heterocycles. The van der Waals surface area contributed by atoms with Crippen LogP contribution in [0.2, 0.25) is 0 Å². The number of hydrogen-bond acceptors (Lipinski definition) is 3. The van der Waals surface area contributed by atoms with Crippen molar-refractivity contribution in [2.75, 3.05) is 11.1 Å². The molecule has 0 radical (unpaired) electrons. The van der Waals surface area contributed by atoms with Crippen LogP contribution >= 0.6 is 11.8 Å². The predicted octanol–water partition coefficient (Wildman–Crippen LogP) is 3.97. The average molecular weight is 322 g/mol. The lowest BCUT2D eigenvalue weighted by Crippen LogP contribution is -2.13. The maximum atomic E-state index is 12.0. The van der Waals surface area contributed by atoms with Crippen molar-refractivity contribution in [1.29, 1.82) is 5.26 Å². The van der Waals surface area contributed by atoms with Gasteiger partial charge in [-0.15, -0.1) is 11.8 Å². The third-order valence-corrected chi connectivity index (χ3v) is 4.95. The van der Waals surface area contributed by atoms with Crippen LogP contribution in [0.25, 0.3) is 0 Å². The molecule has 1 amide bonds. The number of nitriles is 1. The highest BCUT2D eigenvalue weighted by atomic mass is 32.2. The molecule has 0 saturated carbocycles. The van der Waals surface area contributed by atoms with Gasteiger partial charge in [0.25, 0.3) is 0 Å². The van der Waals surface area contributed by atoms with Gasteiger partial charge in [-0.3, -0.25) is 4.79 Å². The molecule has 0 unspecified atom stereocenters. The van der Waals surface area contributed by atoms with Gasteiger partial charge in [0.05, 0.1) is 18.2 Å². The van der Waals surface area contributed by atoms with Crippen molar-refractivity contribution in [3.63, 3.8) is 0 Å². The number of fused-ring (bicyclic) bond motifs is 1. The van der Waals surface area contributed by atoms with Gasteiger partial charge in [-0.2, -0.15) is 5.26 Å². The van der Waals surface area contributed by atoms with Crippen LogP contribution in [0, 0.1) is 11.3 Å². The first kappa shape index (κ1) is 15.6. The Bertz CT molecular complexity index is 747. The lowest BCUT2D eigenvalue weighted by Gasteiger charge is -2.07. The summed E-state index contributed by atoms with van der Waals surface area (Å²) in [5.74, 6) is 0.391. The molecule has 3 nitrogen and oxygen atoms in total. The van der Waals surface area contributed by atoms with E-state index >= 15 is 0 Å². The Labute approximate surface area is 140 Å². The Kier molecular flexibility index (Phi) is 4.99. The fraction of sp³-hybridized carbons (Fsp3) is 0.263. The Morgan fingerprint density at radius 2 is 1.91 bits per heavy atom. The van der Waals surface area contributed by atoms with Gasteiger partial charge in [0.2, 0.25) is 5.91 Å². The number of aryl methyl sites for hydroxylation is 2. The number of nitrogens with zero attached hydrogens (tertiary/aromatic N) is 1. The normalized spacial score (nSPS) is 12.5. The summed E-state index contributed by atoms with van der Waals surface area (Å²) in [6, 6.07) is 16.0. The zero-order valence-electron chi connectivity index (χ0n) is 12.8. The van der Waals surface area contributed by atoms with Gasteiger partial charge in [0.15, 0.2) is 0 Å². The second-order valence-electron chi connectivity index (χ2n) is 5.65. The topological polar surface area (TPSA) is 52.9 Å². The van der Waals surface area contributed by atoms with E-state index in [2.05, 4.69) is 29.6 Å². The van der Waals surface area contributed by atoms with Gasteiger partial charge < -0.3 is 5.32 Å². The number of thioether (sulfide) groups is 1. The van der Waals surface area contributed by atoms with Crippen LogP contribution in [0.4, 0.5) is 5.69 Å². The third-order valence-electron chi connectivity index (χ3n) is 3.96. The van der Waals surface area contributed by atoms with Gasteiger partial charge in [-0.1, -0.05) is 18.2 Å². The van der Waals surface area contributed by atoms with Crippen molar-refractivity contribution in [2.24, 2.45) is 0 Å². The zero-order valence-corrected chi connectivity index (χ0v) is 13.7. The monoisotopic (exact) mass is 322 g/mol. The van der Waals surface area contributed by atoms with E-state index in [0.717, 1.165) is 22.6 Å². The molecule has 0 aromatic heterocycles. The van der Waals surface area contributed by atoms with Crippen LogP contribution in [0.3, 0.4) is 0 Å². The Hall–Kier alpha value is -2.25. The van der Waals surface area contributed by atoms with Crippen molar-refractivity contribution in [3.05, 3.63) is 59.2 Å². The summed E-state index contributed by atoms with van der Waals surface area (Å²) in [4.78, 5) is 13.2. The lowest BCUT2D eigenvalue weighted by molar-refractivity contribution is -0.113. The van der Waals surface area contributed by atoms with Gasteiger partial charge in [0.1, 0.15) is 0 Å². The molecule has 1 N–H and O–H groups in total. The highest BCUT2D eigenvalue weighted by molar-refractivity contribution is 8.00. The van der Waals surface area contributed by atoms with Gasteiger partial charge in [0, 0.05) is 10.6 Å². The minimum atomic E-state index is -0.0106. The molecule has 0 saturated heterocycles. The quantitative estimate of drug-likeness (QED) is 0.847. The maximum Gasteiger partial charge on any atom is 0.234 e. The van der Waals surface area contributed by atoms with Crippen LogP contribution in [-0.4, -0.2) is 11.7 Å². The molecule has 1 aliphatic rings. The Morgan fingerprint density at radius 3 is 2.70 bits per heavy atom. The van der Waals surface area contributed by atoms with E-state index in [9.17, 15) is 4.79 Å². The van der Waals surface area contributed by atoms with Crippen molar-refractivity contribution in [3.8, 4) is 6.07 Å². The average Bonchev–Trinajstić information content (AvgIpc) is 3.03. The van der Waals surface area contributed by atoms with E-state index in [-0.39, 0.29) is 5.91 Å². The molecule has 116 valence electrons. The second-order valence-corrected chi connectivity index (χ2v) is 6.70. The highest BCUT2D eigenvalue weighted by Gasteiger charge is 2.11. The summed E-state index contributed by atoms with van der Waals surface area (Å²) >= 11 is 1.57. The van der Waals surface area contributed by atoms with Crippen molar-refractivity contribution in [2.45, 2.75) is 30.6 Å². The molecule has 4 heteroatoms. The molecule has 2 aromatic rings. The number of hydrogen-bond donors (Lipinski definition) is 1. The van der Waals surface area contributed by atoms with Gasteiger partial charge >= 0.3 is 0 Å². The zero-order chi connectivity index (χ0) is 16.1. The summed E-state index contributed by atoms with van der Waals surface area (Å²) in [6.07, 6.45) is 3.97. The first-order valence-corrected chi connectivity index (χ1v) is 8.73. The second kappa shape index (κ2) is 7.34. The number of anilines is 1. The predicted molar refractivity (Wildman–Crippen MR) is 93.6 cm³/mol. The molecule has 2 aromatic carbocycles. The standard InChI is InChI=1S/C19H18N2OS/c20-11-10-14-4-7-17(8-5-14)21-19(22)13-23-18-9-6-15-2-1-3-16(15)12-18/h4-9,12H,1-3,10,13H2,(H,21,22).